The van der Waals surface area contributed by atoms with Gasteiger partial charge in [0.25, 0.3) is 5.69 Å². The number of anilines is 1. The summed E-state index contributed by atoms with van der Waals surface area (Å²) in [6, 6.07) is 4.78. The fraction of sp³-hybridized carbons (Fsp3) is 0.286. The largest absolute Gasteiger partial charge is 0.481 e. The first-order valence-electron chi connectivity index (χ1n) is 6.49. The van der Waals surface area contributed by atoms with Crippen LogP contribution in [0.4, 0.5) is 11.5 Å². The molecule has 1 aromatic heterocycles. The van der Waals surface area contributed by atoms with Crippen molar-refractivity contribution in [2.24, 2.45) is 0 Å². The maximum atomic E-state index is 11.1. The van der Waals surface area contributed by atoms with E-state index in [0.29, 0.717) is 29.6 Å². The molecule has 1 heterocycles. The number of nitrogens with one attached hydrogen (secondary N) is 1. The number of nitro groups is 1. The van der Waals surface area contributed by atoms with Crippen molar-refractivity contribution in [1.29, 1.82) is 0 Å². The minimum Gasteiger partial charge on any atom is -0.481 e. The van der Waals surface area contributed by atoms with Crippen LogP contribution in [0.3, 0.4) is 0 Å². The van der Waals surface area contributed by atoms with E-state index >= 15 is 0 Å². The summed E-state index contributed by atoms with van der Waals surface area (Å²) in [6.07, 6.45) is 2.03. The van der Waals surface area contributed by atoms with Crippen molar-refractivity contribution in [3.05, 3.63) is 40.1 Å². The van der Waals surface area contributed by atoms with E-state index in [-0.39, 0.29) is 12.1 Å². The van der Waals surface area contributed by atoms with E-state index in [1.54, 1.807) is 12.1 Å². The summed E-state index contributed by atoms with van der Waals surface area (Å²) in [5.41, 5.74) is 0.913. The molecule has 0 unspecified atom stereocenters. The summed E-state index contributed by atoms with van der Waals surface area (Å²) in [7, 11) is 0. The second-order valence-corrected chi connectivity index (χ2v) is 4.66. The molecular weight excluding hydrogens is 274 g/mol. The maximum absolute atomic E-state index is 11.1. The van der Waals surface area contributed by atoms with Crippen LogP contribution in [0, 0.1) is 17.0 Å². The van der Waals surface area contributed by atoms with Crippen molar-refractivity contribution in [3.63, 3.8) is 0 Å². The lowest BCUT2D eigenvalue weighted by Gasteiger charge is -2.10. The van der Waals surface area contributed by atoms with Gasteiger partial charge in [-0.15, -0.1) is 0 Å². The number of pyridine rings is 1. The third-order valence-electron chi connectivity index (χ3n) is 3.17. The molecule has 0 saturated carbocycles. The van der Waals surface area contributed by atoms with Gasteiger partial charge in [0, 0.05) is 30.6 Å². The van der Waals surface area contributed by atoms with E-state index in [1.807, 2.05) is 6.92 Å². The lowest BCUT2D eigenvalue weighted by Crippen LogP contribution is -2.07. The Hall–Kier alpha value is -2.70. The van der Waals surface area contributed by atoms with Gasteiger partial charge in [-0.1, -0.05) is 6.07 Å². The second kappa shape index (κ2) is 6.17. The zero-order valence-electron chi connectivity index (χ0n) is 11.5. The Morgan fingerprint density at radius 3 is 2.86 bits per heavy atom. The Bertz CT molecular complexity index is 700. The van der Waals surface area contributed by atoms with Crippen molar-refractivity contribution < 1.29 is 14.8 Å². The Morgan fingerprint density at radius 2 is 2.19 bits per heavy atom. The third-order valence-corrected chi connectivity index (χ3v) is 3.17. The quantitative estimate of drug-likeness (QED) is 0.481. The molecule has 0 amide bonds. The number of rotatable bonds is 6. The normalized spacial score (nSPS) is 10.5. The molecule has 2 aromatic rings. The summed E-state index contributed by atoms with van der Waals surface area (Å²) in [4.78, 5) is 25.3. The van der Waals surface area contributed by atoms with Gasteiger partial charge in [-0.25, -0.2) is 4.98 Å². The van der Waals surface area contributed by atoms with Crippen LogP contribution in [-0.4, -0.2) is 27.5 Å². The molecule has 0 radical (unpaired) electrons. The van der Waals surface area contributed by atoms with Gasteiger partial charge in [-0.2, -0.15) is 0 Å². The van der Waals surface area contributed by atoms with E-state index in [4.69, 9.17) is 5.11 Å². The Labute approximate surface area is 120 Å². The van der Waals surface area contributed by atoms with Gasteiger partial charge in [-0.05, 0) is 25.0 Å². The van der Waals surface area contributed by atoms with E-state index in [2.05, 4.69) is 10.3 Å². The standard InChI is InChI=1S/C14H15N3O4/c1-9-4-5-11(17(20)21)10-6-8-16-14(13(9)10)15-7-2-3-12(18)19/h4-6,8H,2-3,7H2,1H3,(H,15,16)(H,18,19). The molecule has 0 saturated heterocycles. The molecule has 0 atom stereocenters. The maximum Gasteiger partial charge on any atom is 0.303 e. The molecule has 0 aliphatic rings. The lowest BCUT2D eigenvalue weighted by molar-refractivity contribution is -0.383. The highest BCUT2D eigenvalue weighted by Crippen LogP contribution is 2.31. The van der Waals surface area contributed by atoms with Crippen molar-refractivity contribution in [1.82, 2.24) is 4.98 Å². The topological polar surface area (TPSA) is 105 Å². The average molecular weight is 289 g/mol. The number of aromatic nitrogens is 1. The van der Waals surface area contributed by atoms with Crippen LogP contribution in [0.1, 0.15) is 18.4 Å². The van der Waals surface area contributed by atoms with Gasteiger partial charge in [0.2, 0.25) is 0 Å². The number of nitro benzene ring substituents is 1. The predicted octanol–water partition coefficient (Wildman–Crippen LogP) is 2.73. The fourth-order valence-corrected chi connectivity index (χ4v) is 2.19. The molecule has 0 aliphatic heterocycles. The molecule has 2 rings (SSSR count). The summed E-state index contributed by atoms with van der Waals surface area (Å²) in [5.74, 6) is -0.311. The van der Waals surface area contributed by atoms with Crippen LogP contribution in [0.2, 0.25) is 0 Å². The average Bonchev–Trinajstić information content (AvgIpc) is 2.43. The van der Waals surface area contributed by atoms with E-state index in [9.17, 15) is 14.9 Å². The van der Waals surface area contributed by atoms with Crippen molar-refractivity contribution >= 4 is 28.2 Å². The first-order chi connectivity index (χ1) is 10.0. The van der Waals surface area contributed by atoms with Crippen molar-refractivity contribution in [2.45, 2.75) is 19.8 Å². The van der Waals surface area contributed by atoms with Crippen LogP contribution < -0.4 is 5.32 Å². The van der Waals surface area contributed by atoms with E-state index in [0.717, 1.165) is 5.56 Å². The number of hydrogen-bond donors (Lipinski definition) is 2. The molecule has 7 heteroatoms. The third kappa shape index (κ3) is 3.25. The number of hydrogen-bond acceptors (Lipinski definition) is 5. The number of fused-ring (bicyclic) bond motifs is 1. The Kier molecular flexibility index (Phi) is 4.32. The summed E-state index contributed by atoms with van der Waals surface area (Å²) >= 11 is 0. The van der Waals surface area contributed by atoms with Crippen molar-refractivity contribution in [2.75, 3.05) is 11.9 Å². The molecule has 2 N–H and O–H groups in total. The predicted molar refractivity (Wildman–Crippen MR) is 78.5 cm³/mol. The Morgan fingerprint density at radius 1 is 1.43 bits per heavy atom. The number of carboxylic acids is 1. The molecule has 7 nitrogen and oxygen atoms in total. The van der Waals surface area contributed by atoms with Gasteiger partial charge in [0.1, 0.15) is 5.82 Å². The van der Waals surface area contributed by atoms with Gasteiger partial charge in [0.15, 0.2) is 0 Å². The van der Waals surface area contributed by atoms with Crippen LogP contribution in [-0.2, 0) is 4.79 Å². The minimum absolute atomic E-state index is 0.0339. The molecular formula is C14H15N3O4. The number of carbonyl (C=O) groups is 1. The van der Waals surface area contributed by atoms with Crippen LogP contribution >= 0.6 is 0 Å². The second-order valence-electron chi connectivity index (χ2n) is 4.66. The highest BCUT2D eigenvalue weighted by Gasteiger charge is 2.15. The molecule has 21 heavy (non-hydrogen) atoms. The lowest BCUT2D eigenvalue weighted by atomic mass is 10.1. The molecule has 0 aliphatic carbocycles. The highest BCUT2D eigenvalue weighted by atomic mass is 16.6. The first kappa shape index (κ1) is 14.7. The molecule has 1 aromatic carbocycles. The van der Waals surface area contributed by atoms with Gasteiger partial charge < -0.3 is 10.4 Å². The molecule has 0 fully saturated rings. The summed E-state index contributed by atoms with van der Waals surface area (Å²) < 4.78 is 0. The number of non-ortho nitro benzene ring substituents is 1. The SMILES string of the molecule is Cc1ccc([N+](=O)[O-])c2ccnc(NCCCC(=O)O)c12. The molecule has 0 spiro atoms. The number of benzene rings is 1. The first-order valence-corrected chi connectivity index (χ1v) is 6.49. The van der Waals surface area contributed by atoms with Gasteiger partial charge in [0.05, 0.1) is 10.3 Å². The van der Waals surface area contributed by atoms with E-state index in [1.165, 1.54) is 12.3 Å². The molecule has 0 bridgehead atoms. The molecule has 110 valence electrons. The van der Waals surface area contributed by atoms with Crippen LogP contribution in [0.15, 0.2) is 24.4 Å². The highest BCUT2D eigenvalue weighted by molar-refractivity contribution is 5.99. The van der Waals surface area contributed by atoms with Gasteiger partial charge >= 0.3 is 5.97 Å². The zero-order valence-corrected chi connectivity index (χ0v) is 11.5. The van der Waals surface area contributed by atoms with Crippen molar-refractivity contribution in [3.8, 4) is 0 Å². The smallest absolute Gasteiger partial charge is 0.303 e. The van der Waals surface area contributed by atoms with E-state index < -0.39 is 10.9 Å². The number of aliphatic carboxylic acids is 1. The fourth-order valence-electron chi connectivity index (χ4n) is 2.19. The minimum atomic E-state index is -0.852. The summed E-state index contributed by atoms with van der Waals surface area (Å²) in [6.45, 7) is 2.30. The van der Waals surface area contributed by atoms with Gasteiger partial charge in [-0.3, -0.25) is 14.9 Å². The zero-order chi connectivity index (χ0) is 15.4. The number of carboxylic acid groups (broad SMARTS) is 1. The number of nitrogens with zero attached hydrogens (tertiary/aromatic N) is 2. The Balaban J connectivity index is 2.34. The number of aryl methyl sites for hydroxylation is 1. The van der Waals surface area contributed by atoms with Crippen LogP contribution in [0.25, 0.3) is 10.8 Å². The van der Waals surface area contributed by atoms with Crippen LogP contribution in [0.5, 0.6) is 0 Å². The summed E-state index contributed by atoms with van der Waals surface area (Å²) in [5, 5.41) is 24.0. The monoisotopic (exact) mass is 289 g/mol.